The molecule has 0 spiro atoms. The Morgan fingerprint density at radius 2 is 1.96 bits per heavy atom. The molecule has 3 N–H and O–H groups in total. The molecule has 3 fully saturated rings. The highest BCUT2D eigenvalue weighted by Gasteiger charge is 2.63. The minimum Gasteiger partial charge on any atom is -0.392 e. The van der Waals surface area contributed by atoms with E-state index in [1.165, 1.54) is 5.57 Å². The summed E-state index contributed by atoms with van der Waals surface area (Å²) in [6.07, 6.45) is 4.06. The second kappa shape index (κ2) is 5.04. The van der Waals surface area contributed by atoms with Gasteiger partial charge in [0, 0.05) is 16.7 Å². The molecule has 4 unspecified atom stereocenters. The van der Waals surface area contributed by atoms with Crippen LogP contribution in [-0.4, -0.2) is 46.3 Å². The third kappa shape index (κ3) is 2.05. The lowest BCUT2D eigenvalue weighted by Gasteiger charge is -2.58. The molecule has 0 aromatic heterocycles. The van der Waals surface area contributed by atoms with Gasteiger partial charge in [-0.25, -0.2) is 0 Å². The van der Waals surface area contributed by atoms with Gasteiger partial charge in [-0.05, 0) is 37.5 Å². The average Bonchev–Trinajstić information content (AvgIpc) is 2.73. The van der Waals surface area contributed by atoms with Gasteiger partial charge in [-0.2, -0.15) is 0 Å². The first-order chi connectivity index (χ1) is 10.8. The van der Waals surface area contributed by atoms with E-state index in [9.17, 15) is 15.3 Å². The van der Waals surface area contributed by atoms with E-state index >= 15 is 0 Å². The molecule has 9 atom stereocenters. The third-order valence-electron chi connectivity index (χ3n) is 7.66. The molecule has 0 bridgehead atoms. The summed E-state index contributed by atoms with van der Waals surface area (Å²) in [5.41, 5.74) is 0.842. The number of fused-ring (bicyclic) bond motifs is 5. The molecule has 1 heterocycles. The largest absolute Gasteiger partial charge is 0.392 e. The molecular formula is C19H30O4. The number of ether oxygens (including phenoxy) is 1. The Labute approximate surface area is 138 Å². The number of aliphatic hydroxyl groups is 3. The molecule has 4 nitrogen and oxygen atoms in total. The maximum Gasteiger partial charge on any atom is 0.0724 e. The molecule has 0 amide bonds. The van der Waals surface area contributed by atoms with Gasteiger partial charge in [0.2, 0.25) is 0 Å². The quantitative estimate of drug-likeness (QED) is 0.596. The summed E-state index contributed by atoms with van der Waals surface area (Å²) in [6, 6.07) is 0. The monoisotopic (exact) mass is 322 g/mol. The summed E-state index contributed by atoms with van der Waals surface area (Å²) >= 11 is 0. The first kappa shape index (κ1) is 16.1. The van der Waals surface area contributed by atoms with E-state index in [0.29, 0.717) is 18.9 Å². The van der Waals surface area contributed by atoms with Crippen molar-refractivity contribution >= 4 is 0 Å². The fourth-order valence-electron chi connectivity index (χ4n) is 6.23. The molecule has 1 aliphatic heterocycles. The van der Waals surface area contributed by atoms with Gasteiger partial charge in [0.05, 0.1) is 31.0 Å². The lowest BCUT2D eigenvalue weighted by Crippen LogP contribution is -2.61. The van der Waals surface area contributed by atoms with E-state index in [1.807, 2.05) is 6.08 Å². The Morgan fingerprint density at radius 3 is 2.70 bits per heavy atom. The predicted molar refractivity (Wildman–Crippen MR) is 86.7 cm³/mol. The van der Waals surface area contributed by atoms with Gasteiger partial charge in [-0.3, -0.25) is 0 Å². The van der Waals surface area contributed by atoms with Crippen LogP contribution in [0.25, 0.3) is 0 Å². The van der Waals surface area contributed by atoms with E-state index in [-0.39, 0.29) is 41.0 Å². The van der Waals surface area contributed by atoms with Gasteiger partial charge in [0.15, 0.2) is 0 Å². The molecule has 4 heteroatoms. The fourth-order valence-corrected chi connectivity index (χ4v) is 6.23. The molecule has 4 aliphatic rings. The standard InChI is InChI=1S/C19H30O4/c1-10-6-13-15-14(21)8-11-7-12(20)4-5-18(11,2)17(15)23-9-19(13,3)16(10)22/h7,10,12-17,20-22H,4-6,8-9H2,1-3H3/t10-,12+,13?,14?,15?,16+,17?,18+,19+/m1/s1. The van der Waals surface area contributed by atoms with Gasteiger partial charge < -0.3 is 20.1 Å². The van der Waals surface area contributed by atoms with E-state index in [4.69, 9.17) is 4.74 Å². The summed E-state index contributed by atoms with van der Waals surface area (Å²) < 4.78 is 6.35. The molecular weight excluding hydrogens is 292 g/mol. The number of rotatable bonds is 0. The highest BCUT2D eigenvalue weighted by molar-refractivity contribution is 5.28. The summed E-state index contributed by atoms with van der Waals surface area (Å²) in [5.74, 6) is 0.662. The van der Waals surface area contributed by atoms with Gasteiger partial charge in [-0.15, -0.1) is 0 Å². The van der Waals surface area contributed by atoms with Crippen LogP contribution < -0.4 is 0 Å². The van der Waals surface area contributed by atoms with Crippen molar-refractivity contribution in [3.05, 3.63) is 11.6 Å². The zero-order chi connectivity index (χ0) is 16.6. The Morgan fingerprint density at radius 1 is 1.22 bits per heavy atom. The van der Waals surface area contributed by atoms with Crippen LogP contribution in [0.5, 0.6) is 0 Å². The minimum absolute atomic E-state index is 0.000532. The van der Waals surface area contributed by atoms with Crippen molar-refractivity contribution in [3.63, 3.8) is 0 Å². The predicted octanol–water partition coefficient (Wildman–Crippen LogP) is 1.88. The molecule has 0 radical (unpaired) electrons. The van der Waals surface area contributed by atoms with Crippen molar-refractivity contribution in [2.75, 3.05) is 6.61 Å². The van der Waals surface area contributed by atoms with E-state index < -0.39 is 6.10 Å². The van der Waals surface area contributed by atoms with Crippen LogP contribution in [0, 0.1) is 28.6 Å². The van der Waals surface area contributed by atoms with Crippen LogP contribution >= 0.6 is 0 Å². The van der Waals surface area contributed by atoms with Crippen molar-refractivity contribution in [3.8, 4) is 0 Å². The first-order valence-electron chi connectivity index (χ1n) is 9.14. The molecule has 1 saturated heterocycles. The zero-order valence-corrected chi connectivity index (χ0v) is 14.4. The normalized spacial score (nSPS) is 58.9. The molecule has 3 aliphatic carbocycles. The maximum atomic E-state index is 10.9. The smallest absolute Gasteiger partial charge is 0.0724 e. The highest BCUT2D eigenvalue weighted by atomic mass is 16.5. The summed E-state index contributed by atoms with van der Waals surface area (Å²) in [7, 11) is 0. The summed E-state index contributed by atoms with van der Waals surface area (Å²) in [4.78, 5) is 0. The van der Waals surface area contributed by atoms with Crippen LogP contribution in [0.3, 0.4) is 0 Å². The molecule has 23 heavy (non-hydrogen) atoms. The number of hydrogen-bond acceptors (Lipinski definition) is 4. The van der Waals surface area contributed by atoms with Crippen LogP contribution in [0.4, 0.5) is 0 Å². The lowest BCUT2D eigenvalue weighted by atomic mass is 9.53. The summed E-state index contributed by atoms with van der Waals surface area (Å²) in [5, 5.41) is 31.5. The van der Waals surface area contributed by atoms with E-state index in [2.05, 4.69) is 20.8 Å². The number of hydrogen-bond donors (Lipinski definition) is 3. The van der Waals surface area contributed by atoms with Crippen molar-refractivity contribution in [1.82, 2.24) is 0 Å². The van der Waals surface area contributed by atoms with Gasteiger partial charge in [-0.1, -0.05) is 32.4 Å². The van der Waals surface area contributed by atoms with E-state index in [1.54, 1.807) is 0 Å². The van der Waals surface area contributed by atoms with Crippen molar-refractivity contribution < 1.29 is 20.1 Å². The first-order valence-corrected chi connectivity index (χ1v) is 9.14. The Hall–Kier alpha value is -0.420. The van der Waals surface area contributed by atoms with Crippen LogP contribution in [0.15, 0.2) is 11.6 Å². The fraction of sp³-hybridized carbons (Fsp3) is 0.895. The second-order valence-electron chi connectivity index (χ2n) is 9.07. The van der Waals surface area contributed by atoms with Crippen molar-refractivity contribution in [2.24, 2.45) is 28.6 Å². The Balaban J connectivity index is 1.73. The highest BCUT2D eigenvalue weighted by Crippen LogP contribution is 2.61. The minimum atomic E-state index is -0.438. The van der Waals surface area contributed by atoms with E-state index in [0.717, 1.165) is 19.3 Å². The summed E-state index contributed by atoms with van der Waals surface area (Å²) in [6.45, 7) is 7.06. The Bertz CT molecular complexity index is 531. The SMILES string of the molecule is C[C@@H]1CC2C3C(O)CC4=C[C@@H](O)CC[C@]4(C)C3OC[C@]2(C)[C@H]1O. The third-order valence-corrected chi connectivity index (χ3v) is 7.66. The maximum absolute atomic E-state index is 10.9. The van der Waals surface area contributed by atoms with Crippen molar-refractivity contribution in [2.45, 2.75) is 70.9 Å². The zero-order valence-electron chi connectivity index (χ0n) is 14.4. The topological polar surface area (TPSA) is 69.9 Å². The number of aliphatic hydroxyl groups excluding tert-OH is 3. The molecule has 2 saturated carbocycles. The van der Waals surface area contributed by atoms with Gasteiger partial charge >= 0.3 is 0 Å². The molecule has 130 valence electrons. The van der Waals surface area contributed by atoms with Crippen molar-refractivity contribution in [1.29, 1.82) is 0 Å². The lowest BCUT2D eigenvalue weighted by molar-refractivity contribution is -0.216. The Kier molecular flexibility index (Phi) is 3.52. The second-order valence-corrected chi connectivity index (χ2v) is 9.07. The average molecular weight is 322 g/mol. The van der Waals surface area contributed by atoms with Gasteiger partial charge in [0.25, 0.3) is 0 Å². The molecule has 0 aromatic carbocycles. The van der Waals surface area contributed by atoms with Crippen LogP contribution in [-0.2, 0) is 4.74 Å². The molecule has 4 rings (SSSR count). The van der Waals surface area contributed by atoms with Crippen LogP contribution in [0.1, 0.15) is 46.5 Å². The molecule has 0 aromatic rings. The van der Waals surface area contributed by atoms with Gasteiger partial charge in [0.1, 0.15) is 0 Å². The van der Waals surface area contributed by atoms with Crippen LogP contribution in [0.2, 0.25) is 0 Å².